The third kappa shape index (κ3) is 3.23. The van der Waals surface area contributed by atoms with Crippen molar-refractivity contribution in [1.29, 1.82) is 0 Å². The first-order valence-electron chi connectivity index (χ1n) is 6.44. The van der Waals surface area contributed by atoms with Gasteiger partial charge in [-0.05, 0) is 49.4 Å². The van der Waals surface area contributed by atoms with Gasteiger partial charge in [-0.2, -0.15) is 0 Å². The van der Waals surface area contributed by atoms with Crippen LogP contribution in [0.15, 0.2) is 18.2 Å². The number of hydrogen-bond donors (Lipinski definition) is 2. The van der Waals surface area contributed by atoms with Gasteiger partial charge in [-0.25, -0.2) is 0 Å². The van der Waals surface area contributed by atoms with Crippen LogP contribution in [0.3, 0.4) is 0 Å². The van der Waals surface area contributed by atoms with E-state index in [0.29, 0.717) is 13.2 Å². The second kappa shape index (κ2) is 5.87. The van der Waals surface area contributed by atoms with Crippen LogP contribution >= 0.6 is 0 Å². The van der Waals surface area contributed by atoms with Crippen LogP contribution in [0, 0.1) is 0 Å². The highest BCUT2D eigenvalue weighted by Crippen LogP contribution is 2.25. The van der Waals surface area contributed by atoms with E-state index < -0.39 is 6.04 Å². The lowest BCUT2D eigenvalue weighted by atomic mass is 10.1. The maximum absolute atomic E-state index is 11.2. The molecule has 2 rings (SSSR count). The normalized spacial score (nSPS) is 15.0. The summed E-state index contributed by atoms with van der Waals surface area (Å²) in [4.78, 5) is 11.2. The molecule has 1 aromatic carbocycles. The summed E-state index contributed by atoms with van der Waals surface area (Å²) in [5, 5.41) is 2.72. The molecule has 4 nitrogen and oxygen atoms in total. The standard InChI is InChI=1S/C14H20N2O2/c1-10(15)14(17)16-7-8-18-13-6-5-11-3-2-4-12(11)9-13/h5-6,9-10H,2-4,7-8,15H2,1H3,(H,16,17). The fourth-order valence-corrected chi connectivity index (χ4v) is 2.14. The van der Waals surface area contributed by atoms with Crippen molar-refractivity contribution < 1.29 is 9.53 Å². The van der Waals surface area contributed by atoms with Gasteiger partial charge in [-0.1, -0.05) is 6.07 Å². The summed E-state index contributed by atoms with van der Waals surface area (Å²) < 4.78 is 5.61. The fraction of sp³-hybridized carbons (Fsp3) is 0.500. The summed E-state index contributed by atoms with van der Waals surface area (Å²) in [6.07, 6.45) is 3.57. The number of carbonyl (C=O) groups excluding carboxylic acids is 1. The summed E-state index contributed by atoms with van der Waals surface area (Å²) in [6.45, 7) is 2.62. The van der Waals surface area contributed by atoms with E-state index >= 15 is 0 Å². The summed E-state index contributed by atoms with van der Waals surface area (Å²) in [5.41, 5.74) is 8.27. The van der Waals surface area contributed by atoms with Gasteiger partial charge >= 0.3 is 0 Å². The Hall–Kier alpha value is -1.55. The molecular formula is C14H20N2O2. The van der Waals surface area contributed by atoms with Gasteiger partial charge in [0, 0.05) is 0 Å². The Morgan fingerprint density at radius 1 is 1.44 bits per heavy atom. The number of benzene rings is 1. The van der Waals surface area contributed by atoms with Crippen molar-refractivity contribution in [2.24, 2.45) is 5.73 Å². The smallest absolute Gasteiger partial charge is 0.236 e. The number of aryl methyl sites for hydroxylation is 2. The summed E-state index contributed by atoms with van der Waals surface area (Å²) >= 11 is 0. The van der Waals surface area contributed by atoms with E-state index in [1.807, 2.05) is 6.07 Å². The Balaban J connectivity index is 1.75. The molecule has 3 N–H and O–H groups in total. The lowest BCUT2D eigenvalue weighted by Gasteiger charge is -2.10. The highest BCUT2D eigenvalue weighted by Gasteiger charge is 2.11. The number of hydrogen-bond acceptors (Lipinski definition) is 3. The van der Waals surface area contributed by atoms with Crippen LogP contribution in [0.2, 0.25) is 0 Å². The SMILES string of the molecule is CC(N)C(=O)NCCOc1ccc2c(c1)CCC2. The summed E-state index contributed by atoms with van der Waals surface area (Å²) in [6, 6.07) is 5.77. The molecule has 0 aromatic heterocycles. The second-order valence-electron chi connectivity index (χ2n) is 4.71. The number of nitrogens with two attached hydrogens (primary N) is 1. The average Bonchev–Trinajstić information content (AvgIpc) is 2.81. The van der Waals surface area contributed by atoms with E-state index in [4.69, 9.17) is 10.5 Å². The van der Waals surface area contributed by atoms with Gasteiger partial charge in [0.15, 0.2) is 0 Å². The molecule has 0 fully saturated rings. The minimum atomic E-state index is -0.468. The van der Waals surface area contributed by atoms with Crippen LogP contribution in [-0.2, 0) is 17.6 Å². The largest absolute Gasteiger partial charge is 0.492 e. The molecular weight excluding hydrogens is 228 g/mol. The molecule has 98 valence electrons. The maximum atomic E-state index is 11.2. The first-order chi connectivity index (χ1) is 8.66. The molecule has 0 bridgehead atoms. The van der Waals surface area contributed by atoms with Gasteiger partial charge in [0.2, 0.25) is 5.91 Å². The molecule has 0 aliphatic heterocycles. The van der Waals surface area contributed by atoms with Gasteiger partial charge in [0.25, 0.3) is 0 Å². The van der Waals surface area contributed by atoms with Gasteiger partial charge in [-0.15, -0.1) is 0 Å². The first-order valence-corrected chi connectivity index (χ1v) is 6.44. The maximum Gasteiger partial charge on any atom is 0.236 e. The molecule has 0 heterocycles. The van der Waals surface area contributed by atoms with E-state index in [1.165, 1.54) is 24.0 Å². The van der Waals surface area contributed by atoms with E-state index in [0.717, 1.165) is 12.2 Å². The number of fused-ring (bicyclic) bond motifs is 1. The number of carbonyl (C=O) groups is 1. The van der Waals surface area contributed by atoms with Crippen LogP contribution < -0.4 is 15.8 Å². The molecule has 1 amide bonds. The Morgan fingerprint density at radius 2 is 2.22 bits per heavy atom. The van der Waals surface area contributed by atoms with Crippen molar-refractivity contribution in [3.63, 3.8) is 0 Å². The lowest BCUT2D eigenvalue weighted by Crippen LogP contribution is -2.40. The first kappa shape index (κ1) is 12.9. The van der Waals surface area contributed by atoms with Crippen LogP contribution in [0.1, 0.15) is 24.5 Å². The third-order valence-corrected chi connectivity index (χ3v) is 3.15. The monoisotopic (exact) mass is 248 g/mol. The lowest BCUT2D eigenvalue weighted by molar-refractivity contribution is -0.122. The zero-order chi connectivity index (χ0) is 13.0. The van der Waals surface area contributed by atoms with Gasteiger partial charge in [-0.3, -0.25) is 4.79 Å². The molecule has 1 unspecified atom stereocenters. The van der Waals surface area contributed by atoms with Crippen LogP contribution in [0.25, 0.3) is 0 Å². The molecule has 4 heteroatoms. The Labute approximate surface area is 108 Å². The van der Waals surface area contributed by atoms with Crippen LogP contribution in [0.5, 0.6) is 5.75 Å². The minimum Gasteiger partial charge on any atom is -0.492 e. The summed E-state index contributed by atoms with van der Waals surface area (Å²) in [7, 11) is 0. The predicted octanol–water partition coefficient (Wildman–Crippen LogP) is 1.02. The Morgan fingerprint density at radius 3 is 3.00 bits per heavy atom. The Bertz CT molecular complexity index is 430. The molecule has 0 spiro atoms. The van der Waals surface area contributed by atoms with Crippen LogP contribution in [0.4, 0.5) is 0 Å². The van der Waals surface area contributed by atoms with E-state index in [2.05, 4.69) is 17.4 Å². The fourth-order valence-electron chi connectivity index (χ4n) is 2.14. The van der Waals surface area contributed by atoms with Gasteiger partial charge in [0.1, 0.15) is 12.4 Å². The zero-order valence-electron chi connectivity index (χ0n) is 10.7. The molecule has 0 saturated heterocycles. The molecule has 0 saturated carbocycles. The molecule has 1 aliphatic rings. The van der Waals surface area contributed by atoms with Gasteiger partial charge < -0.3 is 15.8 Å². The van der Waals surface area contributed by atoms with Crippen LogP contribution in [-0.4, -0.2) is 25.1 Å². The highest BCUT2D eigenvalue weighted by atomic mass is 16.5. The number of nitrogens with one attached hydrogen (secondary N) is 1. The van der Waals surface area contributed by atoms with E-state index in [-0.39, 0.29) is 5.91 Å². The quantitative estimate of drug-likeness (QED) is 0.765. The van der Waals surface area contributed by atoms with Crippen molar-refractivity contribution in [3.8, 4) is 5.75 Å². The zero-order valence-corrected chi connectivity index (χ0v) is 10.7. The van der Waals surface area contributed by atoms with Crippen molar-refractivity contribution in [3.05, 3.63) is 29.3 Å². The van der Waals surface area contributed by atoms with E-state index in [9.17, 15) is 4.79 Å². The second-order valence-corrected chi connectivity index (χ2v) is 4.71. The van der Waals surface area contributed by atoms with Crippen molar-refractivity contribution >= 4 is 5.91 Å². The summed E-state index contributed by atoms with van der Waals surface area (Å²) in [5.74, 6) is 0.734. The number of amides is 1. The topological polar surface area (TPSA) is 64.4 Å². The van der Waals surface area contributed by atoms with Crippen molar-refractivity contribution in [1.82, 2.24) is 5.32 Å². The van der Waals surface area contributed by atoms with Crippen molar-refractivity contribution in [2.75, 3.05) is 13.2 Å². The molecule has 1 aliphatic carbocycles. The van der Waals surface area contributed by atoms with Gasteiger partial charge in [0.05, 0.1) is 12.6 Å². The number of rotatable bonds is 5. The molecule has 0 radical (unpaired) electrons. The third-order valence-electron chi connectivity index (χ3n) is 3.15. The number of ether oxygens (including phenoxy) is 1. The molecule has 1 atom stereocenters. The highest BCUT2D eigenvalue weighted by molar-refractivity contribution is 5.80. The predicted molar refractivity (Wildman–Crippen MR) is 70.6 cm³/mol. The van der Waals surface area contributed by atoms with Crippen molar-refractivity contribution in [2.45, 2.75) is 32.2 Å². The average molecular weight is 248 g/mol. The van der Waals surface area contributed by atoms with E-state index in [1.54, 1.807) is 6.92 Å². The molecule has 18 heavy (non-hydrogen) atoms. The Kier molecular flexibility index (Phi) is 4.20. The minimum absolute atomic E-state index is 0.146. The molecule has 1 aromatic rings.